The van der Waals surface area contributed by atoms with Gasteiger partial charge in [0.05, 0.1) is 27.0 Å². The number of nitrogens with zero attached hydrogens (tertiary/aromatic N) is 3. The largest absolute Gasteiger partial charge is 0.497 e. The first-order chi connectivity index (χ1) is 13.6. The average molecular weight is 381 g/mol. The van der Waals surface area contributed by atoms with Gasteiger partial charge in [0.15, 0.2) is 5.69 Å². The Morgan fingerprint density at radius 3 is 2.25 bits per heavy atom. The molecule has 2 aromatic carbocycles. The lowest BCUT2D eigenvalue weighted by molar-refractivity contribution is 0.0843. The summed E-state index contributed by atoms with van der Waals surface area (Å²) in [5.74, 6) is -0.191. The molecular weight excluding hydrogens is 362 g/mol. The summed E-state index contributed by atoms with van der Waals surface area (Å²) in [5.41, 5.74) is 6.02. The van der Waals surface area contributed by atoms with Gasteiger partial charge in [-0.25, -0.2) is 4.68 Å². The van der Waals surface area contributed by atoms with Gasteiger partial charge in [0, 0.05) is 11.6 Å². The molecule has 1 heterocycles. The molecule has 2 N–H and O–H groups in total. The number of aromatic nitrogens is 3. The van der Waals surface area contributed by atoms with Gasteiger partial charge in [0.1, 0.15) is 11.5 Å². The second-order valence-corrected chi connectivity index (χ2v) is 5.80. The van der Waals surface area contributed by atoms with Gasteiger partial charge in [-0.15, -0.1) is 5.10 Å². The Bertz CT molecular complexity index is 949. The first kappa shape index (κ1) is 18.9. The molecule has 0 aliphatic heterocycles. The third-order valence-corrected chi connectivity index (χ3v) is 3.86. The van der Waals surface area contributed by atoms with Crippen LogP contribution in [0, 0.1) is 0 Å². The molecule has 144 valence electrons. The molecule has 3 rings (SSSR count). The van der Waals surface area contributed by atoms with Crippen LogP contribution >= 0.6 is 0 Å². The molecule has 0 aliphatic rings. The summed E-state index contributed by atoms with van der Waals surface area (Å²) in [4.78, 5) is 24.5. The Morgan fingerprint density at radius 1 is 0.964 bits per heavy atom. The lowest BCUT2D eigenvalue weighted by Gasteiger charge is -2.09. The molecular formula is C19H19N5O4. The summed E-state index contributed by atoms with van der Waals surface area (Å²) in [6, 6.07) is 14.4. The van der Waals surface area contributed by atoms with Crippen molar-refractivity contribution >= 4 is 11.8 Å². The SMILES string of the molecule is COc1cc(OC)cc(C(=O)NNC(=O)c2cn(Cc3ccccc3)nn2)c1. The van der Waals surface area contributed by atoms with Crippen molar-refractivity contribution in [3.63, 3.8) is 0 Å². The first-order valence-electron chi connectivity index (χ1n) is 8.37. The average Bonchev–Trinajstić information content (AvgIpc) is 3.20. The molecule has 9 heteroatoms. The van der Waals surface area contributed by atoms with Gasteiger partial charge in [-0.05, 0) is 17.7 Å². The van der Waals surface area contributed by atoms with Crippen molar-refractivity contribution in [1.29, 1.82) is 0 Å². The zero-order valence-electron chi connectivity index (χ0n) is 15.4. The number of carbonyl (C=O) groups is 2. The number of hydrogen-bond acceptors (Lipinski definition) is 6. The van der Waals surface area contributed by atoms with Gasteiger partial charge in [-0.3, -0.25) is 20.4 Å². The maximum Gasteiger partial charge on any atom is 0.291 e. The highest BCUT2D eigenvalue weighted by Crippen LogP contribution is 2.22. The number of rotatable bonds is 6. The number of hydrazine groups is 1. The van der Waals surface area contributed by atoms with Crippen molar-refractivity contribution in [2.45, 2.75) is 6.54 Å². The van der Waals surface area contributed by atoms with Crippen LogP contribution in [0.4, 0.5) is 0 Å². The van der Waals surface area contributed by atoms with E-state index in [2.05, 4.69) is 21.2 Å². The highest BCUT2D eigenvalue weighted by Gasteiger charge is 2.14. The van der Waals surface area contributed by atoms with Crippen LogP contribution in [0.2, 0.25) is 0 Å². The Balaban J connectivity index is 1.60. The number of ether oxygens (including phenoxy) is 2. The van der Waals surface area contributed by atoms with Crippen LogP contribution in [0.25, 0.3) is 0 Å². The molecule has 9 nitrogen and oxygen atoms in total. The number of benzene rings is 2. The molecule has 0 saturated carbocycles. The van der Waals surface area contributed by atoms with Crippen molar-refractivity contribution < 1.29 is 19.1 Å². The Labute approximate surface area is 161 Å². The molecule has 1 aromatic heterocycles. The predicted molar refractivity (Wildman–Crippen MR) is 100 cm³/mol. The van der Waals surface area contributed by atoms with Crippen LogP contribution < -0.4 is 20.3 Å². The Hall–Kier alpha value is -3.88. The van der Waals surface area contributed by atoms with E-state index in [0.717, 1.165) is 5.56 Å². The number of nitrogens with one attached hydrogen (secondary N) is 2. The fourth-order valence-electron chi connectivity index (χ4n) is 2.44. The number of methoxy groups -OCH3 is 2. The Morgan fingerprint density at radius 2 is 1.61 bits per heavy atom. The van der Waals surface area contributed by atoms with E-state index in [4.69, 9.17) is 9.47 Å². The minimum absolute atomic E-state index is 0.0828. The molecule has 3 aromatic rings. The van der Waals surface area contributed by atoms with E-state index in [9.17, 15) is 9.59 Å². The Kier molecular flexibility index (Phi) is 5.85. The molecule has 0 saturated heterocycles. The van der Waals surface area contributed by atoms with Crippen molar-refractivity contribution in [1.82, 2.24) is 25.8 Å². The van der Waals surface area contributed by atoms with E-state index in [1.165, 1.54) is 32.5 Å². The fraction of sp³-hybridized carbons (Fsp3) is 0.158. The second-order valence-electron chi connectivity index (χ2n) is 5.80. The maximum atomic E-state index is 12.3. The third-order valence-electron chi connectivity index (χ3n) is 3.86. The van der Waals surface area contributed by atoms with E-state index >= 15 is 0 Å². The number of hydrogen-bond donors (Lipinski definition) is 2. The summed E-state index contributed by atoms with van der Waals surface area (Å²) in [5, 5.41) is 7.75. The van der Waals surface area contributed by atoms with Gasteiger partial charge >= 0.3 is 0 Å². The molecule has 0 aliphatic carbocycles. The lowest BCUT2D eigenvalue weighted by Crippen LogP contribution is -2.41. The van der Waals surface area contributed by atoms with Crippen molar-refractivity contribution in [2.24, 2.45) is 0 Å². The van der Waals surface area contributed by atoms with Crippen LogP contribution in [0.3, 0.4) is 0 Å². The van der Waals surface area contributed by atoms with Gasteiger partial charge < -0.3 is 9.47 Å². The summed E-state index contributed by atoms with van der Waals surface area (Å²) in [6.07, 6.45) is 1.50. The van der Waals surface area contributed by atoms with Crippen LogP contribution in [0.5, 0.6) is 11.5 Å². The molecule has 0 spiro atoms. The summed E-state index contributed by atoms with van der Waals surface area (Å²) < 4.78 is 11.8. The predicted octanol–water partition coefficient (Wildman–Crippen LogP) is 1.42. The van der Waals surface area contributed by atoms with E-state index < -0.39 is 11.8 Å². The summed E-state index contributed by atoms with van der Waals surface area (Å²) >= 11 is 0. The highest BCUT2D eigenvalue weighted by molar-refractivity contribution is 5.98. The summed E-state index contributed by atoms with van der Waals surface area (Å²) in [6.45, 7) is 0.483. The lowest BCUT2D eigenvalue weighted by atomic mass is 10.2. The molecule has 28 heavy (non-hydrogen) atoms. The van der Waals surface area contributed by atoms with E-state index in [-0.39, 0.29) is 11.3 Å². The monoisotopic (exact) mass is 381 g/mol. The number of amides is 2. The minimum atomic E-state index is -0.581. The zero-order chi connectivity index (χ0) is 19.9. The quantitative estimate of drug-likeness (QED) is 0.626. The molecule has 0 atom stereocenters. The van der Waals surface area contributed by atoms with Crippen LogP contribution in [-0.4, -0.2) is 41.0 Å². The van der Waals surface area contributed by atoms with Gasteiger partial charge in [0.25, 0.3) is 11.8 Å². The molecule has 0 radical (unpaired) electrons. The van der Waals surface area contributed by atoms with Crippen LogP contribution in [0.15, 0.2) is 54.7 Å². The van der Waals surface area contributed by atoms with Crippen LogP contribution in [-0.2, 0) is 6.54 Å². The van der Waals surface area contributed by atoms with Gasteiger partial charge in [-0.1, -0.05) is 35.5 Å². The van der Waals surface area contributed by atoms with E-state index in [1.54, 1.807) is 10.7 Å². The second kappa shape index (κ2) is 8.67. The third kappa shape index (κ3) is 4.64. The highest BCUT2D eigenvalue weighted by atomic mass is 16.5. The normalized spacial score (nSPS) is 10.2. The van der Waals surface area contributed by atoms with Crippen LogP contribution in [0.1, 0.15) is 26.4 Å². The maximum absolute atomic E-state index is 12.3. The zero-order valence-corrected chi connectivity index (χ0v) is 15.4. The number of carbonyl (C=O) groups excluding carboxylic acids is 2. The van der Waals surface area contributed by atoms with Crippen molar-refractivity contribution in [3.05, 3.63) is 71.5 Å². The topological polar surface area (TPSA) is 107 Å². The van der Waals surface area contributed by atoms with Crippen molar-refractivity contribution in [3.8, 4) is 11.5 Å². The van der Waals surface area contributed by atoms with Crippen molar-refractivity contribution in [2.75, 3.05) is 14.2 Å². The van der Waals surface area contributed by atoms with E-state index in [0.29, 0.717) is 18.0 Å². The van der Waals surface area contributed by atoms with E-state index in [1.807, 2.05) is 30.3 Å². The molecule has 0 fully saturated rings. The summed E-state index contributed by atoms with van der Waals surface area (Å²) in [7, 11) is 2.97. The minimum Gasteiger partial charge on any atom is -0.497 e. The smallest absolute Gasteiger partial charge is 0.291 e. The molecule has 0 unspecified atom stereocenters. The van der Waals surface area contributed by atoms with Gasteiger partial charge in [-0.2, -0.15) is 0 Å². The fourth-order valence-corrected chi connectivity index (χ4v) is 2.44. The molecule has 0 bridgehead atoms. The molecule has 2 amide bonds. The van der Waals surface area contributed by atoms with Gasteiger partial charge in [0.2, 0.25) is 0 Å². The standard InChI is InChI=1S/C19H19N5O4/c1-27-15-8-14(9-16(10-15)28-2)18(25)21-22-19(26)17-12-24(23-20-17)11-13-6-4-3-5-7-13/h3-10,12H,11H2,1-2H3,(H,21,25)(H,22,26). The first-order valence-corrected chi connectivity index (χ1v) is 8.37.